The predicted octanol–water partition coefficient (Wildman–Crippen LogP) is 2.39. The third-order valence-corrected chi connectivity index (χ3v) is 3.03. The topological polar surface area (TPSA) is 71.2 Å². The second-order valence-corrected chi connectivity index (χ2v) is 4.41. The number of aliphatic hydroxyl groups excluding tert-OH is 1. The lowest BCUT2D eigenvalue weighted by Crippen LogP contribution is -2.12. The highest BCUT2D eigenvalue weighted by Crippen LogP contribution is 2.23. The quantitative estimate of drug-likeness (QED) is 0.707. The van der Waals surface area contributed by atoms with Gasteiger partial charge in [-0.05, 0) is 37.1 Å². The first kappa shape index (κ1) is 12.6. The number of aromatic nitrogens is 1. The third-order valence-electron chi connectivity index (χ3n) is 3.03. The van der Waals surface area contributed by atoms with Gasteiger partial charge in [0, 0.05) is 29.5 Å². The summed E-state index contributed by atoms with van der Waals surface area (Å²) in [6, 6.07) is 7.64. The number of fused-ring (bicyclic) bond motifs is 1. The fourth-order valence-corrected chi connectivity index (χ4v) is 1.90. The van der Waals surface area contributed by atoms with Crippen LogP contribution >= 0.6 is 0 Å². The van der Waals surface area contributed by atoms with Crippen molar-refractivity contribution in [2.75, 3.05) is 17.6 Å². The molecule has 96 valence electrons. The van der Waals surface area contributed by atoms with Gasteiger partial charge in [0.2, 0.25) is 0 Å². The van der Waals surface area contributed by atoms with Crippen molar-refractivity contribution in [3.63, 3.8) is 0 Å². The van der Waals surface area contributed by atoms with Crippen LogP contribution in [0.4, 0.5) is 11.4 Å². The molecule has 0 radical (unpaired) electrons. The second-order valence-electron chi connectivity index (χ2n) is 4.41. The number of nitrogens with zero attached hydrogens (tertiary/aromatic N) is 1. The van der Waals surface area contributed by atoms with E-state index in [0.29, 0.717) is 5.69 Å². The summed E-state index contributed by atoms with van der Waals surface area (Å²) in [5.74, 6) is 0. The van der Waals surface area contributed by atoms with Gasteiger partial charge in [-0.2, -0.15) is 0 Å². The fraction of sp³-hybridized carbons (Fsp3) is 0.357. The Bertz CT molecular complexity index is 527. The SMILES string of the molecule is CCC(O)CCNc1ccnc2cc(N)ccc12. The van der Waals surface area contributed by atoms with E-state index < -0.39 is 0 Å². The molecule has 0 aliphatic rings. The van der Waals surface area contributed by atoms with Crippen molar-refractivity contribution in [2.45, 2.75) is 25.9 Å². The van der Waals surface area contributed by atoms with Crippen molar-refractivity contribution in [3.05, 3.63) is 30.5 Å². The lowest BCUT2D eigenvalue weighted by Gasteiger charge is -2.11. The Balaban J connectivity index is 2.13. The predicted molar refractivity (Wildman–Crippen MR) is 75.6 cm³/mol. The maximum Gasteiger partial charge on any atom is 0.0743 e. The van der Waals surface area contributed by atoms with Crippen LogP contribution in [-0.4, -0.2) is 22.7 Å². The van der Waals surface area contributed by atoms with Crippen LogP contribution in [0, 0.1) is 0 Å². The average Bonchev–Trinajstić information content (AvgIpc) is 2.38. The Morgan fingerprint density at radius 3 is 3.00 bits per heavy atom. The Hall–Kier alpha value is -1.81. The first-order chi connectivity index (χ1) is 8.70. The van der Waals surface area contributed by atoms with E-state index in [0.717, 1.165) is 36.0 Å². The molecule has 0 aliphatic heterocycles. The number of nitrogens with two attached hydrogens (primary N) is 1. The van der Waals surface area contributed by atoms with Gasteiger partial charge in [0.1, 0.15) is 0 Å². The Kier molecular flexibility index (Phi) is 3.99. The largest absolute Gasteiger partial charge is 0.399 e. The molecule has 1 atom stereocenters. The first-order valence-electron chi connectivity index (χ1n) is 6.27. The molecule has 0 saturated heterocycles. The standard InChI is InChI=1S/C14H19N3O/c1-2-11(18)5-7-16-13-6-8-17-14-9-10(15)3-4-12(13)14/h3-4,6,8-9,11,18H,2,5,7,15H2,1H3,(H,16,17). The zero-order valence-corrected chi connectivity index (χ0v) is 10.6. The lowest BCUT2D eigenvalue weighted by atomic mass is 10.1. The van der Waals surface area contributed by atoms with Crippen LogP contribution in [0.25, 0.3) is 10.9 Å². The molecular formula is C14H19N3O. The maximum atomic E-state index is 9.52. The number of nitrogen functional groups attached to an aromatic ring is 1. The summed E-state index contributed by atoms with van der Waals surface area (Å²) in [4.78, 5) is 4.29. The van der Waals surface area contributed by atoms with Gasteiger partial charge in [0.05, 0.1) is 11.6 Å². The van der Waals surface area contributed by atoms with E-state index in [2.05, 4.69) is 10.3 Å². The number of anilines is 2. The number of pyridine rings is 1. The summed E-state index contributed by atoms with van der Waals surface area (Å²) in [5, 5.41) is 13.9. The average molecular weight is 245 g/mol. The number of nitrogens with one attached hydrogen (secondary N) is 1. The van der Waals surface area contributed by atoms with Gasteiger partial charge in [-0.25, -0.2) is 0 Å². The molecule has 2 aromatic rings. The van der Waals surface area contributed by atoms with Crippen LogP contribution in [-0.2, 0) is 0 Å². The molecule has 2 rings (SSSR count). The molecule has 1 unspecified atom stereocenters. The smallest absolute Gasteiger partial charge is 0.0743 e. The molecule has 4 nitrogen and oxygen atoms in total. The van der Waals surface area contributed by atoms with E-state index in [1.165, 1.54) is 0 Å². The van der Waals surface area contributed by atoms with Gasteiger partial charge in [-0.15, -0.1) is 0 Å². The van der Waals surface area contributed by atoms with E-state index in [9.17, 15) is 5.11 Å². The van der Waals surface area contributed by atoms with Gasteiger partial charge < -0.3 is 16.2 Å². The Labute approximate surface area is 107 Å². The molecule has 1 aromatic heterocycles. The highest BCUT2D eigenvalue weighted by atomic mass is 16.3. The minimum absolute atomic E-state index is 0.235. The monoisotopic (exact) mass is 245 g/mol. The first-order valence-corrected chi connectivity index (χ1v) is 6.27. The normalized spacial score (nSPS) is 12.6. The fourth-order valence-electron chi connectivity index (χ4n) is 1.90. The Morgan fingerprint density at radius 2 is 2.22 bits per heavy atom. The summed E-state index contributed by atoms with van der Waals surface area (Å²) in [6.07, 6.45) is 3.06. The van der Waals surface area contributed by atoms with Crippen molar-refractivity contribution >= 4 is 22.3 Å². The zero-order chi connectivity index (χ0) is 13.0. The number of hydrogen-bond acceptors (Lipinski definition) is 4. The molecule has 18 heavy (non-hydrogen) atoms. The minimum atomic E-state index is -0.235. The lowest BCUT2D eigenvalue weighted by molar-refractivity contribution is 0.164. The molecule has 4 N–H and O–H groups in total. The van der Waals surface area contributed by atoms with Gasteiger partial charge in [0.25, 0.3) is 0 Å². The molecule has 0 spiro atoms. The zero-order valence-electron chi connectivity index (χ0n) is 10.6. The highest BCUT2D eigenvalue weighted by Gasteiger charge is 2.03. The van der Waals surface area contributed by atoms with Gasteiger partial charge in [-0.1, -0.05) is 6.92 Å². The number of benzene rings is 1. The molecule has 1 aromatic carbocycles. The van der Waals surface area contributed by atoms with E-state index in [-0.39, 0.29) is 6.10 Å². The van der Waals surface area contributed by atoms with Crippen molar-refractivity contribution in [3.8, 4) is 0 Å². The van der Waals surface area contributed by atoms with Crippen molar-refractivity contribution in [1.29, 1.82) is 0 Å². The molecule has 0 bridgehead atoms. The summed E-state index contributed by atoms with van der Waals surface area (Å²) in [6.45, 7) is 2.73. The number of aliphatic hydroxyl groups is 1. The van der Waals surface area contributed by atoms with Crippen LogP contribution in [0.2, 0.25) is 0 Å². The number of hydrogen-bond donors (Lipinski definition) is 3. The van der Waals surface area contributed by atoms with Crippen molar-refractivity contribution in [1.82, 2.24) is 4.98 Å². The Morgan fingerprint density at radius 1 is 1.39 bits per heavy atom. The van der Waals surface area contributed by atoms with E-state index in [1.54, 1.807) is 6.20 Å². The van der Waals surface area contributed by atoms with E-state index in [1.807, 2.05) is 31.2 Å². The molecule has 0 amide bonds. The minimum Gasteiger partial charge on any atom is -0.399 e. The highest BCUT2D eigenvalue weighted by molar-refractivity contribution is 5.92. The summed E-state index contributed by atoms with van der Waals surface area (Å²) in [7, 11) is 0. The van der Waals surface area contributed by atoms with Crippen LogP contribution in [0.15, 0.2) is 30.5 Å². The van der Waals surface area contributed by atoms with Crippen molar-refractivity contribution < 1.29 is 5.11 Å². The summed E-state index contributed by atoms with van der Waals surface area (Å²) < 4.78 is 0. The maximum absolute atomic E-state index is 9.52. The van der Waals surface area contributed by atoms with Crippen molar-refractivity contribution in [2.24, 2.45) is 0 Å². The third kappa shape index (κ3) is 2.90. The van der Waals surface area contributed by atoms with Gasteiger partial charge in [0.15, 0.2) is 0 Å². The second kappa shape index (κ2) is 5.69. The summed E-state index contributed by atoms with van der Waals surface area (Å²) in [5.41, 5.74) is 8.37. The van der Waals surface area contributed by atoms with Crippen LogP contribution in [0.1, 0.15) is 19.8 Å². The van der Waals surface area contributed by atoms with Gasteiger partial charge >= 0.3 is 0 Å². The van der Waals surface area contributed by atoms with Crippen LogP contribution in [0.3, 0.4) is 0 Å². The van der Waals surface area contributed by atoms with E-state index >= 15 is 0 Å². The molecule has 0 aliphatic carbocycles. The van der Waals surface area contributed by atoms with E-state index in [4.69, 9.17) is 5.73 Å². The van der Waals surface area contributed by atoms with Gasteiger partial charge in [-0.3, -0.25) is 4.98 Å². The van der Waals surface area contributed by atoms with Crippen LogP contribution < -0.4 is 11.1 Å². The van der Waals surface area contributed by atoms with Crippen LogP contribution in [0.5, 0.6) is 0 Å². The molecular weight excluding hydrogens is 226 g/mol. The number of rotatable bonds is 5. The molecule has 1 heterocycles. The summed E-state index contributed by atoms with van der Waals surface area (Å²) >= 11 is 0. The molecule has 0 saturated carbocycles. The molecule has 0 fully saturated rings. The molecule has 4 heteroatoms.